The lowest BCUT2D eigenvalue weighted by Gasteiger charge is -2.23. The van der Waals surface area contributed by atoms with Crippen molar-refractivity contribution in [2.75, 3.05) is 13.1 Å². The number of hydrogen-bond donors (Lipinski definition) is 1. The number of amides is 1. The molecule has 4 heteroatoms. The maximum absolute atomic E-state index is 12.5. The Kier molecular flexibility index (Phi) is 4.21. The molecule has 2 saturated heterocycles. The molecule has 110 valence electrons. The highest BCUT2D eigenvalue weighted by Crippen LogP contribution is 2.24. The van der Waals surface area contributed by atoms with Gasteiger partial charge in [0.25, 0.3) is 0 Å². The van der Waals surface area contributed by atoms with E-state index in [1.807, 2.05) is 6.07 Å². The van der Waals surface area contributed by atoms with Crippen molar-refractivity contribution in [3.8, 4) is 6.07 Å². The van der Waals surface area contributed by atoms with Gasteiger partial charge in [-0.3, -0.25) is 4.79 Å². The molecule has 0 saturated carbocycles. The highest BCUT2D eigenvalue weighted by molar-refractivity contribution is 5.83. The average Bonchev–Trinajstić information content (AvgIpc) is 3.16. The van der Waals surface area contributed by atoms with E-state index in [0.717, 1.165) is 38.8 Å². The van der Waals surface area contributed by atoms with Crippen LogP contribution in [-0.4, -0.2) is 36.0 Å². The number of carbonyl (C=O) groups excluding carboxylic acids is 1. The van der Waals surface area contributed by atoms with E-state index in [0.29, 0.717) is 5.92 Å². The van der Waals surface area contributed by atoms with Crippen molar-refractivity contribution in [2.24, 2.45) is 5.92 Å². The molecule has 3 atom stereocenters. The van der Waals surface area contributed by atoms with Crippen LogP contribution in [0.15, 0.2) is 30.3 Å². The van der Waals surface area contributed by atoms with Crippen LogP contribution in [0.2, 0.25) is 0 Å². The van der Waals surface area contributed by atoms with Crippen LogP contribution in [0.25, 0.3) is 0 Å². The third-order valence-corrected chi connectivity index (χ3v) is 4.57. The molecule has 2 aliphatic rings. The fourth-order valence-electron chi connectivity index (χ4n) is 3.46. The minimum atomic E-state index is -0.215. The first-order chi connectivity index (χ1) is 10.3. The van der Waals surface area contributed by atoms with E-state index in [-0.39, 0.29) is 18.0 Å². The smallest absolute Gasteiger partial charge is 0.240 e. The van der Waals surface area contributed by atoms with Gasteiger partial charge in [0, 0.05) is 6.54 Å². The van der Waals surface area contributed by atoms with Crippen LogP contribution in [0.4, 0.5) is 0 Å². The lowest BCUT2D eigenvalue weighted by molar-refractivity contribution is -0.133. The van der Waals surface area contributed by atoms with Crippen LogP contribution in [0.5, 0.6) is 0 Å². The summed E-state index contributed by atoms with van der Waals surface area (Å²) in [5, 5.41) is 12.5. The first-order valence-electron chi connectivity index (χ1n) is 7.75. The van der Waals surface area contributed by atoms with Gasteiger partial charge in [-0.15, -0.1) is 0 Å². The molecule has 2 fully saturated rings. The number of nitriles is 1. The Morgan fingerprint density at radius 1 is 1.38 bits per heavy atom. The standard InChI is InChI=1S/C17H21N3O/c18-11-15-7-4-8-20(15)17(21)16-10-14(12-19-16)9-13-5-2-1-3-6-13/h1-3,5-6,14-16,19H,4,7-10,12H2/t14-,15-,16-/m0/s1. The van der Waals surface area contributed by atoms with Gasteiger partial charge in [-0.2, -0.15) is 5.26 Å². The molecule has 1 aromatic rings. The van der Waals surface area contributed by atoms with Crippen LogP contribution in [0, 0.1) is 17.2 Å². The molecule has 21 heavy (non-hydrogen) atoms. The van der Waals surface area contributed by atoms with Crippen molar-refractivity contribution in [1.29, 1.82) is 5.26 Å². The summed E-state index contributed by atoms with van der Waals surface area (Å²) >= 11 is 0. The van der Waals surface area contributed by atoms with Crippen molar-refractivity contribution in [3.05, 3.63) is 35.9 Å². The summed E-state index contributed by atoms with van der Waals surface area (Å²) in [6, 6.07) is 12.3. The van der Waals surface area contributed by atoms with Crippen LogP contribution < -0.4 is 5.32 Å². The van der Waals surface area contributed by atoms with Crippen molar-refractivity contribution in [2.45, 2.75) is 37.8 Å². The topological polar surface area (TPSA) is 56.1 Å². The van der Waals surface area contributed by atoms with Gasteiger partial charge in [-0.1, -0.05) is 30.3 Å². The summed E-state index contributed by atoms with van der Waals surface area (Å²) in [5.41, 5.74) is 1.33. The number of hydrogen-bond acceptors (Lipinski definition) is 3. The second-order valence-electron chi connectivity index (χ2n) is 6.07. The van der Waals surface area contributed by atoms with Gasteiger partial charge in [0.15, 0.2) is 0 Å². The van der Waals surface area contributed by atoms with Gasteiger partial charge < -0.3 is 10.2 Å². The Bertz CT molecular complexity index is 537. The number of nitrogens with one attached hydrogen (secondary N) is 1. The number of rotatable bonds is 3. The second-order valence-corrected chi connectivity index (χ2v) is 6.07. The normalized spacial score (nSPS) is 28.5. The molecule has 0 bridgehead atoms. The molecule has 2 aliphatic heterocycles. The minimum Gasteiger partial charge on any atom is -0.325 e. The molecule has 0 spiro atoms. The van der Waals surface area contributed by atoms with Crippen molar-refractivity contribution >= 4 is 5.91 Å². The summed E-state index contributed by atoms with van der Waals surface area (Å²) in [4.78, 5) is 14.3. The molecule has 0 aliphatic carbocycles. The molecular formula is C17H21N3O. The molecule has 3 rings (SSSR count). The van der Waals surface area contributed by atoms with E-state index in [2.05, 4.69) is 35.7 Å². The van der Waals surface area contributed by atoms with Crippen molar-refractivity contribution < 1.29 is 4.79 Å². The van der Waals surface area contributed by atoms with Gasteiger partial charge in [0.1, 0.15) is 6.04 Å². The van der Waals surface area contributed by atoms with E-state index in [1.54, 1.807) is 4.90 Å². The van der Waals surface area contributed by atoms with E-state index in [1.165, 1.54) is 5.56 Å². The lowest BCUT2D eigenvalue weighted by Crippen LogP contribution is -2.45. The predicted octanol–water partition coefficient (Wildman–Crippen LogP) is 1.72. The maximum Gasteiger partial charge on any atom is 0.240 e. The molecule has 1 N–H and O–H groups in total. The molecule has 4 nitrogen and oxygen atoms in total. The number of likely N-dealkylation sites (tertiary alicyclic amines) is 1. The van der Waals surface area contributed by atoms with Gasteiger partial charge in [0.2, 0.25) is 5.91 Å². The highest BCUT2D eigenvalue weighted by Gasteiger charge is 2.36. The summed E-state index contributed by atoms with van der Waals surface area (Å²) in [5.74, 6) is 0.624. The van der Waals surface area contributed by atoms with E-state index < -0.39 is 0 Å². The molecule has 0 aromatic heterocycles. The molecule has 1 amide bonds. The first-order valence-corrected chi connectivity index (χ1v) is 7.75. The second kappa shape index (κ2) is 6.28. The Labute approximate surface area is 125 Å². The molecule has 0 unspecified atom stereocenters. The maximum atomic E-state index is 12.5. The van der Waals surface area contributed by atoms with E-state index in [9.17, 15) is 4.79 Å². The zero-order chi connectivity index (χ0) is 14.7. The van der Waals surface area contributed by atoms with Gasteiger partial charge >= 0.3 is 0 Å². The van der Waals surface area contributed by atoms with Crippen LogP contribution in [0.1, 0.15) is 24.8 Å². The zero-order valence-corrected chi connectivity index (χ0v) is 12.2. The van der Waals surface area contributed by atoms with E-state index >= 15 is 0 Å². The summed E-state index contributed by atoms with van der Waals surface area (Å²) < 4.78 is 0. The van der Waals surface area contributed by atoms with Gasteiger partial charge in [-0.25, -0.2) is 0 Å². The lowest BCUT2D eigenvalue weighted by atomic mass is 9.96. The fourth-order valence-corrected chi connectivity index (χ4v) is 3.46. The van der Waals surface area contributed by atoms with Crippen molar-refractivity contribution in [3.63, 3.8) is 0 Å². The first kappa shape index (κ1) is 14.1. The zero-order valence-electron chi connectivity index (χ0n) is 12.2. The van der Waals surface area contributed by atoms with Crippen molar-refractivity contribution in [1.82, 2.24) is 10.2 Å². The number of benzene rings is 1. The SMILES string of the molecule is N#C[C@@H]1CCCN1C(=O)[C@@H]1C[C@H](Cc2ccccc2)CN1. The Hall–Kier alpha value is -1.86. The third kappa shape index (κ3) is 3.08. The van der Waals surface area contributed by atoms with Crippen LogP contribution in [-0.2, 0) is 11.2 Å². The van der Waals surface area contributed by atoms with Gasteiger partial charge in [0.05, 0.1) is 12.1 Å². The van der Waals surface area contributed by atoms with E-state index in [4.69, 9.17) is 5.26 Å². The Morgan fingerprint density at radius 2 is 2.19 bits per heavy atom. The fraction of sp³-hybridized carbons (Fsp3) is 0.529. The average molecular weight is 283 g/mol. The molecular weight excluding hydrogens is 262 g/mol. The number of nitrogens with zero attached hydrogens (tertiary/aromatic N) is 2. The summed E-state index contributed by atoms with van der Waals surface area (Å²) in [6.45, 7) is 1.62. The third-order valence-electron chi connectivity index (χ3n) is 4.57. The molecule has 0 radical (unpaired) electrons. The summed E-state index contributed by atoms with van der Waals surface area (Å²) in [7, 11) is 0. The largest absolute Gasteiger partial charge is 0.325 e. The highest BCUT2D eigenvalue weighted by atomic mass is 16.2. The Balaban J connectivity index is 1.57. The van der Waals surface area contributed by atoms with Gasteiger partial charge in [-0.05, 0) is 43.7 Å². The molecule has 1 aromatic carbocycles. The predicted molar refractivity (Wildman–Crippen MR) is 80.4 cm³/mol. The van der Waals surface area contributed by atoms with Crippen LogP contribution >= 0.6 is 0 Å². The summed E-state index contributed by atoms with van der Waals surface area (Å²) in [6.07, 6.45) is 3.66. The monoisotopic (exact) mass is 283 g/mol. The quantitative estimate of drug-likeness (QED) is 0.919. The Morgan fingerprint density at radius 3 is 2.95 bits per heavy atom. The molecule has 2 heterocycles. The van der Waals surface area contributed by atoms with Crippen LogP contribution in [0.3, 0.4) is 0 Å². The minimum absolute atomic E-state index is 0.104. The number of carbonyl (C=O) groups is 1.